The highest BCUT2D eigenvalue weighted by molar-refractivity contribution is 6.23. The Morgan fingerprint density at radius 3 is 2.00 bits per heavy atom. The Balaban J connectivity index is 1.08. The van der Waals surface area contributed by atoms with Gasteiger partial charge in [-0.15, -0.1) is 0 Å². The molecule has 11 rings (SSSR count). The van der Waals surface area contributed by atoms with Crippen LogP contribution in [-0.4, -0.2) is 14.1 Å². The summed E-state index contributed by atoms with van der Waals surface area (Å²) in [5.74, 6) is 0. The predicted molar refractivity (Wildman–Crippen MR) is 222 cm³/mol. The lowest BCUT2D eigenvalue weighted by Gasteiger charge is -2.15. The average Bonchev–Trinajstić information content (AvgIpc) is 3.91. The quantitative estimate of drug-likeness (QED) is 0.172. The number of para-hydroxylation sites is 1. The molecular weight excluding hydrogens is 675 g/mol. The van der Waals surface area contributed by atoms with Gasteiger partial charge in [0.05, 0.1) is 45.7 Å². The molecule has 55 heavy (non-hydrogen) atoms. The van der Waals surface area contributed by atoms with Crippen LogP contribution in [0.25, 0.3) is 104 Å². The minimum Gasteiger partial charge on any atom is -0.454 e. The van der Waals surface area contributed by atoms with E-state index in [0.29, 0.717) is 11.3 Å². The van der Waals surface area contributed by atoms with Crippen LogP contribution in [0.5, 0.6) is 0 Å². The van der Waals surface area contributed by atoms with Crippen LogP contribution in [0.4, 0.5) is 5.69 Å². The lowest BCUT2D eigenvalue weighted by Crippen LogP contribution is -1.96. The first-order chi connectivity index (χ1) is 27.2. The first-order valence-electron chi connectivity index (χ1n) is 18.0. The molecule has 254 valence electrons. The second kappa shape index (κ2) is 11.8. The summed E-state index contributed by atoms with van der Waals surface area (Å²) in [4.78, 5) is 8.39. The van der Waals surface area contributed by atoms with Gasteiger partial charge in [0.1, 0.15) is 11.1 Å². The van der Waals surface area contributed by atoms with Crippen molar-refractivity contribution in [1.29, 1.82) is 5.26 Å². The molecule has 4 heterocycles. The SMILES string of the molecule is [C-]#[N+]c1ccc2c(c1)c1c3oc4cccnc4c3ccc1n2-c1cccc(-c2ccccc2-c2cccc(-n3c4ccccc4c4cc(C#N)ccc43)c2)c1. The molecule has 6 heteroatoms. The minimum absolute atomic E-state index is 0.579. The summed E-state index contributed by atoms with van der Waals surface area (Å²) < 4.78 is 11.0. The molecule has 11 aromatic rings. The van der Waals surface area contributed by atoms with Crippen molar-refractivity contribution in [3.63, 3.8) is 0 Å². The fraction of sp³-hybridized carbons (Fsp3) is 0. The van der Waals surface area contributed by atoms with Crippen molar-refractivity contribution in [3.05, 3.63) is 181 Å². The Bertz CT molecular complexity index is 3480. The molecule has 0 N–H and O–H groups in total. The van der Waals surface area contributed by atoms with Gasteiger partial charge in [0.2, 0.25) is 0 Å². The molecular formula is C49H27N5O. The van der Waals surface area contributed by atoms with Gasteiger partial charge >= 0.3 is 0 Å². The van der Waals surface area contributed by atoms with Crippen molar-refractivity contribution in [2.45, 2.75) is 0 Å². The largest absolute Gasteiger partial charge is 0.454 e. The maximum atomic E-state index is 9.65. The van der Waals surface area contributed by atoms with E-state index in [1.54, 1.807) is 6.20 Å². The predicted octanol–water partition coefficient (Wildman–Crippen LogP) is 12.9. The Hall–Kier alpha value is -7.93. The molecule has 0 bridgehead atoms. The zero-order valence-corrected chi connectivity index (χ0v) is 29.2. The summed E-state index contributed by atoms with van der Waals surface area (Å²) in [7, 11) is 0. The molecule has 0 radical (unpaired) electrons. The number of pyridine rings is 1. The second-order valence-electron chi connectivity index (χ2n) is 13.8. The van der Waals surface area contributed by atoms with Gasteiger partial charge in [-0.1, -0.05) is 72.8 Å². The first-order valence-corrected chi connectivity index (χ1v) is 18.0. The van der Waals surface area contributed by atoms with Gasteiger partial charge in [0, 0.05) is 39.1 Å². The number of rotatable bonds is 4. The van der Waals surface area contributed by atoms with E-state index in [1.807, 2.05) is 54.6 Å². The van der Waals surface area contributed by atoms with Crippen molar-refractivity contribution in [3.8, 4) is 39.7 Å². The fourth-order valence-electron chi connectivity index (χ4n) is 8.43. The van der Waals surface area contributed by atoms with Crippen molar-refractivity contribution in [2.24, 2.45) is 0 Å². The van der Waals surface area contributed by atoms with Gasteiger partial charge in [-0.05, 0) is 107 Å². The van der Waals surface area contributed by atoms with Crippen molar-refractivity contribution in [2.75, 3.05) is 0 Å². The molecule has 0 atom stereocenters. The number of nitriles is 1. The fourth-order valence-corrected chi connectivity index (χ4v) is 8.43. The monoisotopic (exact) mass is 701 g/mol. The number of fused-ring (bicyclic) bond motifs is 10. The van der Waals surface area contributed by atoms with E-state index in [4.69, 9.17) is 11.0 Å². The minimum atomic E-state index is 0.579. The van der Waals surface area contributed by atoms with E-state index >= 15 is 0 Å². The number of furan rings is 1. The standard InChI is InChI=1S/C49H27N5O/c1-51-33-19-22-44-41(28-33)47-45(23-20-39-48-46(55-49(39)47)17-8-24-52-48)54(44)35-12-7-10-32(27-35)37-14-3-2-13-36(37)31-9-6-11-34(26-31)53-42-16-5-4-15-38(42)40-25-30(29-50)18-21-43(40)53/h2-28H. The molecule has 0 spiro atoms. The maximum Gasteiger partial charge on any atom is 0.188 e. The molecule has 0 unspecified atom stereocenters. The van der Waals surface area contributed by atoms with Crippen LogP contribution in [0, 0.1) is 17.9 Å². The third-order valence-corrected chi connectivity index (χ3v) is 10.8. The number of hydrogen-bond acceptors (Lipinski definition) is 3. The van der Waals surface area contributed by atoms with Gasteiger partial charge < -0.3 is 13.6 Å². The van der Waals surface area contributed by atoms with E-state index in [-0.39, 0.29) is 0 Å². The first kappa shape index (κ1) is 30.7. The van der Waals surface area contributed by atoms with E-state index < -0.39 is 0 Å². The van der Waals surface area contributed by atoms with Gasteiger partial charge in [0.15, 0.2) is 11.3 Å². The third kappa shape index (κ3) is 4.56. The average molecular weight is 702 g/mol. The Labute approximate surface area is 314 Å². The molecule has 0 saturated carbocycles. The summed E-state index contributed by atoms with van der Waals surface area (Å²) in [6.45, 7) is 7.78. The summed E-state index contributed by atoms with van der Waals surface area (Å²) in [5.41, 5.74) is 14.2. The van der Waals surface area contributed by atoms with Gasteiger partial charge in [-0.3, -0.25) is 4.98 Å². The highest BCUT2D eigenvalue weighted by Crippen LogP contribution is 2.42. The topological polar surface area (TPSA) is 64.0 Å². The molecule has 0 saturated heterocycles. The normalized spacial score (nSPS) is 11.6. The van der Waals surface area contributed by atoms with E-state index in [1.165, 1.54) is 0 Å². The van der Waals surface area contributed by atoms with E-state index in [0.717, 1.165) is 99.3 Å². The molecule has 0 fully saturated rings. The molecule has 0 aliphatic rings. The highest BCUT2D eigenvalue weighted by Gasteiger charge is 2.20. The zero-order valence-electron chi connectivity index (χ0n) is 29.2. The van der Waals surface area contributed by atoms with E-state index in [9.17, 15) is 5.26 Å². The molecule has 0 aliphatic heterocycles. The Kier molecular flexibility index (Phi) is 6.58. The van der Waals surface area contributed by atoms with Crippen LogP contribution in [-0.2, 0) is 0 Å². The smallest absolute Gasteiger partial charge is 0.188 e. The molecule has 0 aliphatic carbocycles. The number of nitrogens with zero attached hydrogens (tertiary/aromatic N) is 5. The van der Waals surface area contributed by atoms with Crippen molar-refractivity contribution in [1.82, 2.24) is 14.1 Å². The molecule has 4 aromatic heterocycles. The van der Waals surface area contributed by atoms with Crippen molar-refractivity contribution >= 4 is 71.4 Å². The van der Waals surface area contributed by atoms with E-state index in [2.05, 4.69) is 128 Å². The van der Waals surface area contributed by atoms with Crippen LogP contribution in [0.3, 0.4) is 0 Å². The summed E-state index contributed by atoms with van der Waals surface area (Å²) in [5, 5.41) is 14.7. The second-order valence-corrected chi connectivity index (χ2v) is 13.8. The van der Waals surface area contributed by atoms with Gasteiger partial charge in [-0.2, -0.15) is 5.26 Å². The Morgan fingerprint density at radius 2 is 1.24 bits per heavy atom. The van der Waals surface area contributed by atoms with Crippen LogP contribution >= 0.6 is 0 Å². The third-order valence-electron chi connectivity index (χ3n) is 10.8. The van der Waals surface area contributed by atoms with Crippen LogP contribution < -0.4 is 0 Å². The van der Waals surface area contributed by atoms with Crippen LogP contribution in [0.1, 0.15) is 5.56 Å². The maximum absolute atomic E-state index is 9.65. The zero-order chi connectivity index (χ0) is 36.6. The highest BCUT2D eigenvalue weighted by atomic mass is 16.3. The molecule has 6 nitrogen and oxygen atoms in total. The number of benzene rings is 7. The van der Waals surface area contributed by atoms with Crippen LogP contribution in [0.2, 0.25) is 0 Å². The summed E-state index contributed by atoms with van der Waals surface area (Å²) in [6, 6.07) is 56.5. The molecule has 0 amide bonds. The summed E-state index contributed by atoms with van der Waals surface area (Å²) in [6.07, 6.45) is 1.79. The lowest BCUT2D eigenvalue weighted by atomic mass is 9.94. The van der Waals surface area contributed by atoms with Crippen LogP contribution in [0.15, 0.2) is 168 Å². The summed E-state index contributed by atoms with van der Waals surface area (Å²) >= 11 is 0. The lowest BCUT2D eigenvalue weighted by molar-refractivity contribution is 0.672. The molecule has 7 aromatic carbocycles. The van der Waals surface area contributed by atoms with Gasteiger partial charge in [0.25, 0.3) is 0 Å². The van der Waals surface area contributed by atoms with Crippen molar-refractivity contribution < 1.29 is 4.42 Å². The van der Waals surface area contributed by atoms with Gasteiger partial charge in [-0.25, -0.2) is 4.85 Å². The Morgan fingerprint density at radius 1 is 0.564 bits per heavy atom. The number of hydrogen-bond donors (Lipinski definition) is 0. The number of aromatic nitrogens is 3.